The zero-order valence-corrected chi connectivity index (χ0v) is 26.5. The average Bonchev–Trinajstić information content (AvgIpc) is 3.98. The van der Waals surface area contributed by atoms with E-state index < -0.39 is 6.51 Å². The van der Waals surface area contributed by atoms with Crippen LogP contribution in [0.15, 0.2) is 121 Å². The Balaban J connectivity index is 0.999. The summed E-state index contributed by atoms with van der Waals surface area (Å²) in [6.07, 6.45) is 0. The third-order valence-electron chi connectivity index (χ3n) is 21.2. The van der Waals surface area contributed by atoms with Crippen molar-refractivity contribution in [2.45, 2.75) is 72.3 Å². The van der Waals surface area contributed by atoms with Crippen molar-refractivity contribution in [1.82, 2.24) is 0 Å². The Labute approximate surface area is 236 Å². The van der Waals surface area contributed by atoms with E-state index in [9.17, 15) is 0 Å². The van der Waals surface area contributed by atoms with Crippen LogP contribution in [0.2, 0.25) is 47.2 Å². The van der Waals surface area contributed by atoms with Gasteiger partial charge in [-0.25, -0.2) is 0 Å². The second-order valence-corrected chi connectivity index (χ2v) is 45.7. The first-order valence-electron chi connectivity index (χ1n) is 15.9. The predicted octanol–water partition coefficient (Wildman–Crippen LogP) is 9.16. The molecular weight excluding hydrogens is 574 g/mol. The quantitative estimate of drug-likeness (QED) is 0.138. The van der Waals surface area contributed by atoms with Crippen LogP contribution in [-0.4, -0.2) is 11.3 Å². The minimum absolute atomic E-state index is 0.323. The van der Waals surface area contributed by atoms with Crippen LogP contribution < -0.4 is 21.2 Å². The Kier molecular flexibility index (Phi) is 1.79. The van der Waals surface area contributed by atoms with Crippen LogP contribution in [0.4, 0.5) is 0 Å². The molecule has 10 heterocycles. The summed E-state index contributed by atoms with van der Waals surface area (Å²) in [4.78, 5) is 10.4. The van der Waals surface area contributed by atoms with Crippen LogP contribution in [-0.2, 0) is 6.51 Å². The molecule has 4 aromatic carbocycles. The molecule has 0 amide bonds. The van der Waals surface area contributed by atoms with E-state index >= 15 is 0 Å². The monoisotopic (exact) mass is 610 g/mol. The molecule has 1 spiro atoms. The van der Waals surface area contributed by atoms with Gasteiger partial charge in [0.25, 0.3) is 0 Å². The van der Waals surface area contributed by atoms with E-state index in [1.54, 1.807) is 21.2 Å². The van der Waals surface area contributed by atoms with E-state index in [1.165, 1.54) is 38.5 Å². The normalized spacial score (nSPS) is 59.7. The summed E-state index contributed by atoms with van der Waals surface area (Å²) in [5, 5.41) is 6.59. The van der Waals surface area contributed by atoms with Gasteiger partial charge in [0.2, 0.25) is 0 Å². The van der Waals surface area contributed by atoms with Gasteiger partial charge < -0.3 is 0 Å². The van der Waals surface area contributed by atoms with Gasteiger partial charge in [0, 0.05) is 0 Å². The Bertz CT molecular complexity index is 2010. The van der Waals surface area contributed by atoms with Crippen LogP contribution in [0.5, 0.6) is 0 Å². The van der Waals surface area contributed by atoms with Crippen molar-refractivity contribution in [2.24, 2.45) is 0 Å². The van der Waals surface area contributed by atoms with E-state index in [-0.39, 0.29) is 15.8 Å². The Morgan fingerprint density at radius 3 is 0.902 bits per heavy atom. The van der Waals surface area contributed by atoms with Crippen LogP contribution in [0, 0.1) is 0 Å². The van der Waals surface area contributed by atoms with Crippen molar-refractivity contribution in [3.63, 3.8) is 0 Å². The topological polar surface area (TPSA) is 0 Å². The molecule has 10 saturated heterocycles. The fourth-order valence-corrected chi connectivity index (χ4v) is 113. The zero-order valence-electron chi connectivity index (χ0n) is 23.6. The summed E-state index contributed by atoms with van der Waals surface area (Å²) in [6.45, 7) is 1.88. The van der Waals surface area contributed by atoms with Crippen LogP contribution >= 0.6 is 15.8 Å². The molecule has 0 radical (unpaired) electrons. The molecular formula is C38H36FeP2. The summed E-state index contributed by atoms with van der Waals surface area (Å²) < 4.78 is 1.68. The van der Waals surface area contributed by atoms with Crippen LogP contribution in [0.3, 0.4) is 0 Å². The van der Waals surface area contributed by atoms with Crippen molar-refractivity contribution in [3.05, 3.63) is 121 Å². The van der Waals surface area contributed by atoms with E-state index in [4.69, 9.17) is 0 Å². The molecule has 41 heavy (non-hydrogen) atoms. The molecule has 0 aliphatic carbocycles. The van der Waals surface area contributed by atoms with Crippen molar-refractivity contribution >= 4 is 37.1 Å². The predicted molar refractivity (Wildman–Crippen MR) is 172 cm³/mol. The van der Waals surface area contributed by atoms with E-state index in [0.717, 1.165) is 19.9 Å². The Morgan fingerprint density at radius 2 is 0.683 bits per heavy atom. The molecule has 3 heteroatoms. The van der Waals surface area contributed by atoms with Crippen molar-refractivity contribution in [3.8, 4) is 0 Å². The van der Waals surface area contributed by atoms with Gasteiger partial charge in [-0.2, -0.15) is 0 Å². The van der Waals surface area contributed by atoms with Gasteiger partial charge in [0.1, 0.15) is 0 Å². The molecule has 10 atom stereocenters. The number of benzene rings is 4. The molecule has 10 aliphatic heterocycles. The standard InChI is InChI=1S/2C19H18P.Fe/c2*1-16(17-10-8-9-11-17)20(18-12-4-2-5-13-18)19-14-6-3-7-15-19;/h2*2-16H,1H3;. The maximum absolute atomic E-state index is 3.76. The molecule has 10 aliphatic rings. The Hall–Kier alpha value is -1.74. The second kappa shape index (κ2) is 3.50. The van der Waals surface area contributed by atoms with Gasteiger partial charge in [0.15, 0.2) is 0 Å². The summed E-state index contributed by atoms with van der Waals surface area (Å²) >= 11 is 0. The minimum atomic E-state index is -3.76. The molecule has 10 fully saturated rings. The maximum atomic E-state index is 2.82. The second-order valence-electron chi connectivity index (χ2n) is 17.3. The van der Waals surface area contributed by atoms with E-state index in [1.807, 2.05) is 0 Å². The first-order valence-corrected chi connectivity index (χ1v) is 25.0. The summed E-state index contributed by atoms with van der Waals surface area (Å²) in [7, 11) is -0.645. The molecule has 14 rings (SSSR count). The van der Waals surface area contributed by atoms with Crippen molar-refractivity contribution in [1.29, 1.82) is 0 Å². The van der Waals surface area contributed by atoms with Gasteiger partial charge in [-0.05, 0) is 0 Å². The van der Waals surface area contributed by atoms with Gasteiger partial charge in [-0.3, -0.25) is 0 Å². The zero-order chi connectivity index (χ0) is 26.7. The fourth-order valence-electron chi connectivity index (χ4n) is 23.2. The summed E-state index contributed by atoms with van der Waals surface area (Å²) in [5.41, 5.74) is 1.75. The molecule has 0 saturated carbocycles. The molecule has 206 valence electrons. The average molecular weight is 610 g/mol. The number of hydrogen-bond acceptors (Lipinski definition) is 0. The first kappa shape index (κ1) is 21.0. The molecule has 0 bridgehead atoms. The van der Waals surface area contributed by atoms with Gasteiger partial charge in [0.05, 0.1) is 0 Å². The number of hydrogen-bond donors (Lipinski definition) is 0. The molecule has 0 aromatic heterocycles. The van der Waals surface area contributed by atoms with Crippen LogP contribution in [0.25, 0.3) is 0 Å². The van der Waals surface area contributed by atoms with Crippen molar-refractivity contribution < 1.29 is 6.51 Å². The molecule has 4 aromatic rings. The fraction of sp³-hybridized carbons (Fsp3) is 0.368. The first-order chi connectivity index (χ1) is 19.9. The van der Waals surface area contributed by atoms with E-state index in [0.29, 0.717) is 0 Å². The van der Waals surface area contributed by atoms with Gasteiger partial charge >= 0.3 is 237 Å². The number of rotatable bonds is 8. The SMILES string of the molecule is CC(P(c1ccccc1)c1ccccc1)[C]12[CH]3[CH]4[CH]5[CH]1[Fe]45321678[CH]2[CH]1[CH]6[C]7(C(C)P(c1ccccc1)c1ccccc1)[CH]28. The van der Waals surface area contributed by atoms with Gasteiger partial charge in [-0.1, -0.05) is 0 Å². The molecule has 0 nitrogen and oxygen atoms in total. The number of fused-ring (bicyclic) bond motifs is 10. The third kappa shape index (κ3) is 0.589. The van der Waals surface area contributed by atoms with Gasteiger partial charge in [-0.15, -0.1) is 0 Å². The summed E-state index contributed by atoms with van der Waals surface area (Å²) in [6, 6.07) is 47.3. The van der Waals surface area contributed by atoms with E-state index in [2.05, 4.69) is 135 Å². The van der Waals surface area contributed by atoms with Crippen molar-refractivity contribution in [2.75, 3.05) is 0 Å². The Morgan fingerprint density at radius 1 is 0.439 bits per heavy atom. The summed E-state index contributed by atoms with van der Waals surface area (Å²) in [5.74, 6) is 0. The molecule has 0 N–H and O–H groups in total. The van der Waals surface area contributed by atoms with Crippen LogP contribution in [0.1, 0.15) is 13.8 Å². The third-order valence-corrected chi connectivity index (χ3v) is 71.1. The molecule has 10 unspecified atom stereocenters.